The molecule has 5 heteroatoms. The van der Waals surface area contributed by atoms with Gasteiger partial charge in [-0.1, -0.05) is 43.2 Å². The molecule has 2 aromatic carbocycles. The number of benzene rings is 2. The maximum Gasteiger partial charge on any atom is 0.356 e. The second-order valence-electron chi connectivity index (χ2n) is 6.74. The molecule has 26 heavy (non-hydrogen) atoms. The predicted octanol–water partition coefficient (Wildman–Crippen LogP) is 3.06. The van der Waals surface area contributed by atoms with Crippen molar-refractivity contribution in [2.24, 2.45) is 0 Å². The van der Waals surface area contributed by atoms with E-state index in [0.29, 0.717) is 12.5 Å². The number of fused-ring (bicyclic) bond motifs is 1. The topological polar surface area (TPSA) is 64.3 Å². The van der Waals surface area contributed by atoms with Crippen LogP contribution in [0.3, 0.4) is 0 Å². The van der Waals surface area contributed by atoms with Gasteiger partial charge in [-0.15, -0.1) is 0 Å². The molecule has 0 bridgehead atoms. The van der Waals surface area contributed by atoms with Crippen LogP contribution in [0.2, 0.25) is 0 Å². The number of aryl methyl sites for hydroxylation is 2. The molecule has 0 amide bonds. The van der Waals surface area contributed by atoms with Gasteiger partial charge in [-0.3, -0.25) is 5.73 Å². The van der Waals surface area contributed by atoms with Crippen molar-refractivity contribution in [1.82, 2.24) is 4.57 Å². The largest absolute Gasteiger partial charge is 0.491 e. The monoisotopic (exact) mass is 354 g/mol. The highest BCUT2D eigenvalue weighted by Crippen LogP contribution is 2.17. The third-order valence-electron chi connectivity index (χ3n) is 4.61. The molecule has 0 saturated heterocycles. The average molecular weight is 354 g/mol. The van der Waals surface area contributed by atoms with E-state index < -0.39 is 6.10 Å². The van der Waals surface area contributed by atoms with Gasteiger partial charge in [-0.25, -0.2) is 9.13 Å². The van der Waals surface area contributed by atoms with Crippen LogP contribution >= 0.6 is 0 Å². The zero-order chi connectivity index (χ0) is 18.5. The molecule has 0 radical (unpaired) electrons. The highest BCUT2D eigenvalue weighted by atomic mass is 16.5. The SMILES string of the molecule is CCCCn1c(N)[n+](C[C@H](O)COc2ccc(C)cc2)c2ccccc21. The van der Waals surface area contributed by atoms with Crippen molar-refractivity contribution in [2.45, 2.75) is 45.9 Å². The summed E-state index contributed by atoms with van der Waals surface area (Å²) in [6.07, 6.45) is 1.54. The smallest absolute Gasteiger partial charge is 0.356 e. The van der Waals surface area contributed by atoms with Gasteiger partial charge in [-0.2, -0.15) is 0 Å². The van der Waals surface area contributed by atoms with Crippen molar-refractivity contribution in [3.05, 3.63) is 54.1 Å². The molecule has 3 N–H and O–H groups in total. The number of hydrogen-bond donors (Lipinski definition) is 2. The Hall–Kier alpha value is -2.53. The first-order chi connectivity index (χ1) is 12.6. The normalized spacial score (nSPS) is 12.4. The van der Waals surface area contributed by atoms with Crippen LogP contribution in [0, 0.1) is 6.92 Å². The first kappa shape index (κ1) is 18.3. The van der Waals surface area contributed by atoms with E-state index in [-0.39, 0.29) is 6.61 Å². The number of imidazole rings is 1. The van der Waals surface area contributed by atoms with Crippen LogP contribution in [-0.4, -0.2) is 22.4 Å². The van der Waals surface area contributed by atoms with Gasteiger partial charge < -0.3 is 9.84 Å². The van der Waals surface area contributed by atoms with Crippen LogP contribution in [0.15, 0.2) is 48.5 Å². The Morgan fingerprint density at radius 1 is 1.15 bits per heavy atom. The van der Waals surface area contributed by atoms with Crippen LogP contribution in [0.4, 0.5) is 5.95 Å². The third-order valence-corrected chi connectivity index (χ3v) is 4.61. The van der Waals surface area contributed by atoms with E-state index in [1.54, 1.807) is 0 Å². The summed E-state index contributed by atoms with van der Waals surface area (Å²) < 4.78 is 9.82. The lowest BCUT2D eigenvalue weighted by atomic mass is 10.2. The molecule has 5 nitrogen and oxygen atoms in total. The Bertz CT molecular complexity index is 856. The molecule has 0 spiro atoms. The molecule has 0 unspecified atom stereocenters. The number of nitrogens with two attached hydrogens (primary N) is 1. The summed E-state index contributed by atoms with van der Waals surface area (Å²) in [5.41, 5.74) is 9.72. The molecule has 138 valence electrons. The highest BCUT2D eigenvalue weighted by Gasteiger charge is 2.22. The maximum absolute atomic E-state index is 10.5. The van der Waals surface area contributed by atoms with Crippen molar-refractivity contribution < 1.29 is 14.4 Å². The fourth-order valence-corrected chi connectivity index (χ4v) is 3.15. The van der Waals surface area contributed by atoms with Crippen molar-refractivity contribution >= 4 is 17.0 Å². The third kappa shape index (κ3) is 3.99. The van der Waals surface area contributed by atoms with Crippen LogP contribution in [0.1, 0.15) is 25.3 Å². The predicted molar refractivity (Wildman–Crippen MR) is 104 cm³/mol. The summed E-state index contributed by atoms with van der Waals surface area (Å²) in [6, 6.07) is 16.0. The number of nitrogen functional groups attached to an aromatic ring is 1. The summed E-state index contributed by atoms with van der Waals surface area (Å²) in [5, 5.41) is 10.5. The van der Waals surface area contributed by atoms with Crippen molar-refractivity contribution in [1.29, 1.82) is 0 Å². The zero-order valence-corrected chi connectivity index (χ0v) is 15.6. The number of aromatic nitrogens is 2. The number of para-hydroxylation sites is 2. The fraction of sp³-hybridized carbons (Fsp3) is 0.381. The van der Waals surface area contributed by atoms with Gasteiger partial charge in [-0.05, 0) is 37.6 Å². The molecular weight excluding hydrogens is 326 g/mol. The highest BCUT2D eigenvalue weighted by molar-refractivity contribution is 5.73. The molecule has 0 aliphatic carbocycles. The van der Waals surface area contributed by atoms with E-state index in [9.17, 15) is 5.11 Å². The molecule has 1 heterocycles. The summed E-state index contributed by atoms with van der Waals surface area (Å²) in [4.78, 5) is 0. The minimum absolute atomic E-state index is 0.226. The summed E-state index contributed by atoms with van der Waals surface area (Å²) in [7, 11) is 0. The number of anilines is 1. The van der Waals surface area contributed by atoms with E-state index >= 15 is 0 Å². The van der Waals surface area contributed by atoms with E-state index in [2.05, 4.69) is 17.6 Å². The van der Waals surface area contributed by atoms with Crippen molar-refractivity contribution in [2.75, 3.05) is 12.3 Å². The zero-order valence-electron chi connectivity index (χ0n) is 15.6. The van der Waals surface area contributed by atoms with Gasteiger partial charge in [0.05, 0.1) is 6.54 Å². The number of aliphatic hydroxyl groups is 1. The van der Waals surface area contributed by atoms with Gasteiger partial charge in [0.25, 0.3) is 0 Å². The molecule has 1 atom stereocenters. The Labute approximate surface area is 154 Å². The molecule has 0 saturated carbocycles. The second kappa shape index (κ2) is 8.23. The standard InChI is InChI=1S/C21H27N3O2/c1-3-4-13-23-19-7-5-6-8-20(19)24(21(23)22)14-17(25)15-26-18-11-9-16(2)10-12-18/h5-12,17,22,25H,3-4,13-15H2,1-2H3/p+1/t17-/m0/s1. The minimum atomic E-state index is -0.644. The lowest BCUT2D eigenvalue weighted by Crippen LogP contribution is -2.43. The van der Waals surface area contributed by atoms with Crippen LogP contribution in [0.5, 0.6) is 5.75 Å². The number of unbranched alkanes of at least 4 members (excludes halogenated alkanes) is 1. The van der Waals surface area contributed by atoms with E-state index in [1.165, 1.54) is 5.56 Å². The molecule has 1 aromatic heterocycles. The number of nitrogens with zero attached hydrogens (tertiary/aromatic N) is 2. The molecule has 3 rings (SSSR count). The number of rotatable bonds is 8. The Morgan fingerprint density at radius 2 is 1.88 bits per heavy atom. The van der Waals surface area contributed by atoms with E-state index in [0.717, 1.165) is 36.2 Å². The first-order valence-electron chi connectivity index (χ1n) is 9.24. The Morgan fingerprint density at radius 3 is 2.62 bits per heavy atom. The number of ether oxygens (including phenoxy) is 1. The van der Waals surface area contributed by atoms with Crippen molar-refractivity contribution in [3.63, 3.8) is 0 Å². The van der Waals surface area contributed by atoms with Gasteiger partial charge in [0.2, 0.25) is 0 Å². The maximum atomic E-state index is 10.5. The number of aliphatic hydroxyl groups excluding tert-OH is 1. The molecule has 0 fully saturated rings. The molecule has 0 aliphatic rings. The molecule has 0 aliphatic heterocycles. The van der Waals surface area contributed by atoms with Gasteiger partial charge >= 0.3 is 5.95 Å². The summed E-state index contributed by atoms with van der Waals surface area (Å²) in [5.74, 6) is 1.44. The van der Waals surface area contributed by atoms with Crippen LogP contribution in [0.25, 0.3) is 11.0 Å². The Kier molecular flexibility index (Phi) is 5.78. The van der Waals surface area contributed by atoms with E-state index in [1.807, 2.05) is 54.0 Å². The van der Waals surface area contributed by atoms with Crippen LogP contribution in [-0.2, 0) is 13.1 Å². The quantitative estimate of drug-likeness (QED) is 0.611. The average Bonchev–Trinajstić information content (AvgIpc) is 2.91. The lowest BCUT2D eigenvalue weighted by Gasteiger charge is -2.12. The van der Waals surface area contributed by atoms with Gasteiger partial charge in [0, 0.05) is 0 Å². The Balaban J connectivity index is 1.75. The second-order valence-corrected chi connectivity index (χ2v) is 6.74. The number of hydrogen-bond acceptors (Lipinski definition) is 3. The summed E-state index contributed by atoms with van der Waals surface area (Å²) in [6.45, 7) is 5.71. The minimum Gasteiger partial charge on any atom is -0.491 e. The van der Waals surface area contributed by atoms with Gasteiger partial charge in [0.1, 0.15) is 36.0 Å². The fourth-order valence-electron chi connectivity index (χ4n) is 3.15. The molecular formula is C21H28N3O2+. The van der Waals surface area contributed by atoms with Gasteiger partial charge in [0.15, 0.2) is 0 Å². The lowest BCUT2D eigenvalue weighted by molar-refractivity contribution is -0.665. The molecule has 3 aromatic rings. The first-order valence-corrected chi connectivity index (χ1v) is 9.24. The summed E-state index contributed by atoms with van der Waals surface area (Å²) >= 11 is 0. The van der Waals surface area contributed by atoms with Crippen molar-refractivity contribution in [3.8, 4) is 5.75 Å². The van der Waals surface area contributed by atoms with Crippen LogP contribution < -0.4 is 15.0 Å². The van der Waals surface area contributed by atoms with E-state index in [4.69, 9.17) is 10.5 Å².